The molecule has 1 aromatic heterocycles. The molecule has 4 nitrogen and oxygen atoms in total. The van der Waals surface area contributed by atoms with E-state index in [1.54, 1.807) is 4.90 Å². The lowest BCUT2D eigenvalue weighted by atomic mass is 10.1. The third kappa shape index (κ3) is 4.84. The quantitative estimate of drug-likeness (QED) is 0.477. The number of para-hydroxylation sites is 1. The number of aryl methyl sites for hydroxylation is 1. The zero-order chi connectivity index (χ0) is 19.4. The molecule has 3 rings (SSSR count). The van der Waals surface area contributed by atoms with Crippen molar-refractivity contribution in [2.45, 2.75) is 20.8 Å². The van der Waals surface area contributed by atoms with Gasteiger partial charge in [0.2, 0.25) is 0 Å². The number of anilines is 1. The number of carbonyl (C=O) groups is 1. The number of hydrogen-bond donors (Lipinski definition) is 0. The van der Waals surface area contributed by atoms with E-state index >= 15 is 0 Å². The fourth-order valence-corrected chi connectivity index (χ4v) is 4.33. The number of likely N-dealkylation sites (N-methyl/N-ethyl adjacent to an activating group) is 1. The van der Waals surface area contributed by atoms with Gasteiger partial charge in [-0.25, -0.2) is 4.98 Å². The number of fused-ring (bicyclic) bond motifs is 1. The molecule has 1 amide bonds. The number of nitrogens with zero attached hydrogens (tertiary/aromatic N) is 3. The van der Waals surface area contributed by atoms with E-state index in [4.69, 9.17) is 16.6 Å². The maximum atomic E-state index is 13.4. The molecule has 0 atom stereocenters. The van der Waals surface area contributed by atoms with Crippen molar-refractivity contribution in [3.05, 3.63) is 58.6 Å². The summed E-state index contributed by atoms with van der Waals surface area (Å²) in [5.41, 5.74) is 2.43. The third-order valence-corrected chi connectivity index (χ3v) is 6.09. The number of rotatable bonds is 7. The van der Waals surface area contributed by atoms with Gasteiger partial charge in [-0.2, -0.15) is 0 Å². The van der Waals surface area contributed by atoms with Crippen LogP contribution >= 0.6 is 35.3 Å². The van der Waals surface area contributed by atoms with Crippen LogP contribution in [0.25, 0.3) is 10.2 Å². The first-order valence-corrected chi connectivity index (χ1v) is 10.4. The summed E-state index contributed by atoms with van der Waals surface area (Å²) in [6.07, 6.45) is 0. The minimum Gasteiger partial charge on any atom is -0.302 e. The Morgan fingerprint density at radius 2 is 1.79 bits per heavy atom. The molecular weight excluding hydrogens is 413 g/mol. The molecule has 7 heteroatoms. The Balaban J connectivity index is 0.00000280. The van der Waals surface area contributed by atoms with E-state index in [1.165, 1.54) is 11.3 Å². The maximum Gasteiger partial charge on any atom is 0.260 e. The maximum absolute atomic E-state index is 13.4. The monoisotopic (exact) mass is 437 g/mol. The first-order valence-electron chi connectivity index (χ1n) is 9.20. The minimum absolute atomic E-state index is 0. The zero-order valence-electron chi connectivity index (χ0n) is 16.3. The van der Waals surface area contributed by atoms with Crippen LogP contribution in [-0.4, -0.2) is 42.0 Å². The Morgan fingerprint density at radius 1 is 1.07 bits per heavy atom. The molecule has 0 bridgehead atoms. The molecule has 0 unspecified atom stereocenters. The Kier molecular flexibility index (Phi) is 8.25. The van der Waals surface area contributed by atoms with E-state index in [0.29, 0.717) is 22.3 Å². The van der Waals surface area contributed by atoms with Crippen molar-refractivity contribution in [1.82, 2.24) is 9.88 Å². The van der Waals surface area contributed by atoms with Crippen molar-refractivity contribution in [3.8, 4) is 0 Å². The molecular formula is C21H25Cl2N3OS. The van der Waals surface area contributed by atoms with Gasteiger partial charge in [-0.05, 0) is 43.8 Å². The topological polar surface area (TPSA) is 36.4 Å². The van der Waals surface area contributed by atoms with Gasteiger partial charge in [0.15, 0.2) is 5.13 Å². The molecule has 0 aliphatic heterocycles. The molecule has 0 fully saturated rings. The number of carbonyl (C=O) groups excluding carboxylic acids is 1. The van der Waals surface area contributed by atoms with Gasteiger partial charge < -0.3 is 4.90 Å². The van der Waals surface area contributed by atoms with E-state index in [9.17, 15) is 4.79 Å². The van der Waals surface area contributed by atoms with Crippen LogP contribution in [0.5, 0.6) is 0 Å². The van der Waals surface area contributed by atoms with Crippen molar-refractivity contribution in [3.63, 3.8) is 0 Å². The SMILES string of the molecule is CCN(CC)CCN(C(=O)c1ccccc1C)c1nc2c(Cl)cccc2s1.Cl. The lowest BCUT2D eigenvalue weighted by Gasteiger charge is -2.25. The summed E-state index contributed by atoms with van der Waals surface area (Å²) >= 11 is 7.81. The summed E-state index contributed by atoms with van der Waals surface area (Å²) in [5.74, 6) is -0.0181. The van der Waals surface area contributed by atoms with E-state index in [-0.39, 0.29) is 18.3 Å². The van der Waals surface area contributed by atoms with Crippen LogP contribution in [0, 0.1) is 6.92 Å². The average Bonchev–Trinajstić information content (AvgIpc) is 3.10. The van der Waals surface area contributed by atoms with Crippen molar-refractivity contribution >= 4 is 56.6 Å². The highest BCUT2D eigenvalue weighted by Gasteiger charge is 2.23. The molecule has 0 aliphatic carbocycles. The highest BCUT2D eigenvalue weighted by atomic mass is 35.5. The smallest absolute Gasteiger partial charge is 0.260 e. The molecule has 0 saturated heterocycles. The average molecular weight is 438 g/mol. The first kappa shape index (κ1) is 22.6. The second kappa shape index (κ2) is 10.2. The van der Waals surface area contributed by atoms with Crippen LogP contribution in [0.15, 0.2) is 42.5 Å². The fourth-order valence-electron chi connectivity index (χ4n) is 3.04. The highest BCUT2D eigenvalue weighted by Crippen LogP contribution is 2.33. The molecule has 28 heavy (non-hydrogen) atoms. The van der Waals surface area contributed by atoms with E-state index in [2.05, 4.69) is 18.7 Å². The summed E-state index contributed by atoms with van der Waals surface area (Å²) in [6, 6.07) is 13.4. The van der Waals surface area contributed by atoms with Gasteiger partial charge in [0, 0.05) is 18.7 Å². The largest absolute Gasteiger partial charge is 0.302 e. The number of hydrogen-bond acceptors (Lipinski definition) is 4. The van der Waals surface area contributed by atoms with Crippen LogP contribution in [0.2, 0.25) is 5.02 Å². The standard InChI is InChI=1S/C21H24ClN3OS.ClH/c1-4-24(5-2)13-14-25(20(26)16-10-7-6-9-15(16)3)21-23-19-17(22)11-8-12-18(19)27-21;/h6-12H,4-5,13-14H2,1-3H3;1H. The Hall–Kier alpha value is -1.66. The summed E-state index contributed by atoms with van der Waals surface area (Å²) in [7, 11) is 0. The Bertz CT molecular complexity index is 940. The van der Waals surface area contributed by atoms with Crippen molar-refractivity contribution < 1.29 is 4.79 Å². The summed E-state index contributed by atoms with van der Waals surface area (Å²) in [5, 5.41) is 1.31. The van der Waals surface area contributed by atoms with Crippen molar-refractivity contribution in [1.29, 1.82) is 0 Å². The lowest BCUT2D eigenvalue weighted by molar-refractivity contribution is 0.0983. The molecule has 0 spiro atoms. The molecule has 0 saturated carbocycles. The fraction of sp³-hybridized carbons (Fsp3) is 0.333. The van der Waals surface area contributed by atoms with Crippen LogP contribution in [0.4, 0.5) is 5.13 Å². The van der Waals surface area contributed by atoms with Gasteiger partial charge in [-0.3, -0.25) is 9.69 Å². The van der Waals surface area contributed by atoms with Crippen molar-refractivity contribution in [2.24, 2.45) is 0 Å². The van der Waals surface area contributed by atoms with Crippen molar-refractivity contribution in [2.75, 3.05) is 31.1 Å². The second-order valence-electron chi connectivity index (χ2n) is 6.38. The zero-order valence-corrected chi connectivity index (χ0v) is 18.7. The number of benzene rings is 2. The molecule has 1 heterocycles. The molecule has 150 valence electrons. The van der Waals surface area contributed by atoms with Crippen LogP contribution in [0.3, 0.4) is 0 Å². The summed E-state index contributed by atoms with van der Waals surface area (Å²) in [6.45, 7) is 9.53. The van der Waals surface area contributed by atoms with Crippen LogP contribution in [-0.2, 0) is 0 Å². The first-order chi connectivity index (χ1) is 13.0. The van der Waals surface area contributed by atoms with Gasteiger partial charge in [-0.1, -0.05) is 61.1 Å². The predicted octanol–water partition coefficient (Wildman–Crippen LogP) is 5.67. The highest BCUT2D eigenvalue weighted by molar-refractivity contribution is 7.22. The normalized spacial score (nSPS) is 10.9. The molecule has 0 aliphatic rings. The van der Waals surface area contributed by atoms with Crippen LogP contribution < -0.4 is 4.90 Å². The lowest BCUT2D eigenvalue weighted by Crippen LogP contribution is -2.39. The molecule has 2 aromatic carbocycles. The number of amides is 1. The van der Waals surface area contributed by atoms with Crippen LogP contribution in [0.1, 0.15) is 29.8 Å². The molecule has 0 N–H and O–H groups in total. The van der Waals surface area contributed by atoms with E-state index in [0.717, 1.165) is 35.4 Å². The van der Waals surface area contributed by atoms with Gasteiger partial charge in [0.1, 0.15) is 5.52 Å². The van der Waals surface area contributed by atoms with E-state index < -0.39 is 0 Å². The Labute approximate surface area is 181 Å². The summed E-state index contributed by atoms with van der Waals surface area (Å²) < 4.78 is 0.989. The van der Waals surface area contributed by atoms with Gasteiger partial charge in [0.25, 0.3) is 5.91 Å². The third-order valence-electron chi connectivity index (χ3n) is 4.74. The molecule has 0 radical (unpaired) electrons. The molecule has 3 aromatic rings. The summed E-state index contributed by atoms with van der Waals surface area (Å²) in [4.78, 5) is 22.1. The van der Waals surface area contributed by atoms with Gasteiger partial charge in [-0.15, -0.1) is 12.4 Å². The van der Waals surface area contributed by atoms with Gasteiger partial charge >= 0.3 is 0 Å². The number of thiazole rings is 1. The number of aromatic nitrogens is 1. The second-order valence-corrected chi connectivity index (χ2v) is 7.80. The van der Waals surface area contributed by atoms with E-state index in [1.807, 2.05) is 49.4 Å². The minimum atomic E-state index is -0.0181. The Morgan fingerprint density at radius 3 is 2.43 bits per heavy atom. The number of halogens is 2. The van der Waals surface area contributed by atoms with Gasteiger partial charge in [0.05, 0.1) is 9.72 Å². The predicted molar refractivity (Wildman–Crippen MR) is 123 cm³/mol.